The number of hydrogen-bond donors (Lipinski definition) is 2. The molecule has 5 rings (SSSR count). The van der Waals surface area contributed by atoms with Crippen LogP contribution < -0.4 is 5.32 Å². The summed E-state index contributed by atoms with van der Waals surface area (Å²) in [4.78, 5) is 4.58. The highest BCUT2D eigenvalue weighted by atomic mass is 32.1. The molecule has 0 spiro atoms. The number of ether oxygens (including phenoxy) is 1. The predicted molar refractivity (Wildman–Crippen MR) is 130 cm³/mol. The zero-order valence-corrected chi connectivity index (χ0v) is 20.5. The fourth-order valence-corrected chi connectivity index (χ4v) is 5.32. The number of nitrogens with one attached hydrogen (secondary N) is 1. The minimum Gasteiger partial charge on any atom is -0.393 e. The molecule has 10 nitrogen and oxygen atoms in total. The number of hydrogen-bond acceptors (Lipinski definition) is 9. The van der Waals surface area contributed by atoms with Gasteiger partial charge in [-0.25, -0.2) is 9.50 Å². The molecule has 0 radical (unpaired) electrons. The summed E-state index contributed by atoms with van der Waals surface area (Å²) in [6.45, 7) is 5.15. The lowest BCUT2D eigenvalue weighted by molar-refractivity contribution is 0.121. The highest BCUT2D eigenvalue weighted by Gasteiger charge is 2.26. The average molecular weight is 483 g/mol. The molecule has 0 bridgehead atoms. The topological polar surface area (TPSA) is 115 Å². The van der Waals surface area contributed by atoms with Crippen LogP contribution >= 0.6 is 11.3 Å². The molecular weight excluding hydrogens is 452 g/mol. The Morgan fingerprint density at radius 1 is 1.24 bits per heavy atom. The van der Waals surface area contributed by atoms with Gasteiger partial charge in [-0.15, -0.1) is 15.3 Å². The number of methoxy groups -OCH3 is 1. The number of anilines is 1. The van der Waals surface area contributed by atoms with Crippen LogP contribution in [0.25, 0.3) is 16.6 Å². The largest absolute Gasteiger partial charge is 0.393 e. The van der Waals surface area contributed by atoms with Gasteiger partial charge in [0.05, 0.1) is 37.2 Å². The van der Waals surface area contributed by atoms with Crippen molar-refractivity contribution in [2.45, 2.75) is 64.1 Å². The van der Waals surface area contributed by atoms with Crippen molar-refractivity contribution in [3.05, 3.63) is 40.4 Å². The quantitative estimate of drug-likeness (QED) is 0.393. The van der Waals surface area contributed by atoms with E-state index in [4.69, 9.17) is 9.84 Å². The average Bonchev–Trinajstić information content (AvgIpc) is 3.53. The Morgan fingerprint density at radius 2 is 2.06 bits per heavy atom. The third-order valence-corrected chi connectivity index (χ3v) is 7.08. The van der Waals surface area contributed by atoms with E-state index in [1.54, 1.807) is 18.4 Å². The molecule has 2 N–H and O–H groups in total. The smallest absolute Gasteiger partial charge is 0.241 e. The Balaban J connectivity index is 1.50. The van der Waals surface area contributed by atoms with Gasteiger partial charge in [0.25, 0.3) is 0 Å². The maximum Gasteiger partial charge on any atom is 0.241 e. The molecule has 0 amide bonds. The van der Waals surface area contributed by atoms with E-state index in [1.165, 1.54) is 0 Å². The molecule has 1 aliphatic rings. The summed E-state index contributed by atoms with van der Waals surface area (Å²) in [5, 5.41) is 32.9. The lowest BCUT2D eigenvalue weighted by Crippen LogP contribution is -2.23. The minimum atomic E-state index is -0.203. The standard InChI is InChI=1S/C23H30N8O2S/c1-14(13-33-3)26-23-24-10-21-19(8-20(31(21)29-23)16-4-6-18(32)7-5-16)17-9-25-30(11-17)12-22-28-27-15(2)34-22/h8-11,14,16,18,32H,4-7,12-13H2,1-3H3,(H,26,29)/t14-,16?,18?/m0/s1. The van der Waals surface area contributed by atoms with Crippen molar-refractivity contribution < 1.29 is 9.84 Å². The van der Waals surface area contributed by atoms with Gasteiger partial charge in [-0.2, -0.15) is 5.10 Å². The second-order valence-corrected chi connectivity index (χ2v) is 10.3. The molecule has 34 heavy (non-hydrogen) atoms. The second-order valence-electron chi connectivity index (χ2n) is 9.01. The lowest BCUT2D eigenvalue weighted by atomic mass is 9.85. The van der Waals surface area contributed by atoms with E-state index < -0.39 is 0 Å². The first-order valence-corrected chi connectivity index (χ1v) is 12.5. The van der Waals surface area contributed by atoms with E-state index in [-0.39, 0.29) is 12.1 Å². The number of aromatic nitrogens is 7. The van der Waals surface area contributed by atoms with E-state index in [0.29, 0.717) is 25.0 Å². The number of fused-ring (bicyclic) bond motifs is 1. The molecular formula is C23H30N8O2S. The summed E-state index contributed by atoms with van der Waals surface area (Å²) in [5.74, 6) is 0.904. The van der Waals surface area contributed by atoms with Gasteiger partial charge in [-0.05, 0) is 45.6 Å². The van der Waals surface area contributed by atoms with Crippen LogP contribution in [-0.2, 0) is 11.3 Å². The highest BCUT2D eigenvalue weighted by Crippen LogP contribution is 2.37. The Hall–Kier alpha value is -2.89. The zero-order valence-electron chi connectivity index (χ0n) is 19.7. The monoisotopic (exact) mass is 482 g/mol. The molecule has 4 heterocycles. The predicted octanol–water partition coefficient (Wildman–Crippen LogP) is 3.27. The zero-order chi connectivity index (χ0) is 23.7. The molecule has 1 saturated carbocycles. The van der Waals surface area contributed by atoms with Crippen LogP contribution in [0.15, 0.2) is 24.7 Å². The fraction of sp³-hybridized carbons (Fsp3) is 0.522. The van der Waals surface area contributed by atoms with E-state index in [1.807, 2.05) is 41.6 Å². The SMILES string of the molecule is COC[C@H](C)Nc1ncc2c(-c3cnn(Cc4nnc(C)s4)c3)cc(C3CCC(O)CC3)n2n1. The number of aliphatic hydroxyl groups is 1. The van der Waals surface area contributed by atoms with Gasteiger partial charge < -0.3 is 15.2 Å². The molecule has 0 unspecified atom stereocenters. The third kappa shape index (κ3) is 4.82. The van der Waals surface area contributed by atoms with Crippen LogP contribution in [0, 0.1) is 6.92 Å². The van der Waals surface area contributed by atoms with Crippen LogP contribution in [0.1, 0.15) is 54.2 Å². The first kappa shape index (κ1) is 22.9. The Bertz CT molecular complexity index is 1260. The maximum atomic E-state index is 10.0. The maximum absolute atomic E-state index is 10.0. The Morgan fingerprint density at radius 3 is 2.79 bits per heavy atom. The van der Waals surface area contributed by atoms with Gasteiger partial charge >= 0.3 is 0 Å². The molecule has 4 aromatic heterocycles. The lowest BCUT2D eigenvalue weighted by Gasteiger charge is -2.25. The Labute approximate surface area is 202 Å². The van der Waals surface area contributed by atoms with Crippen molar-refractivity contribution >= 4 is 22.8 Å². The van der Waals surface area contributed by atoms with Crippen molar-refractivity contribution in [2.24, 2.45) is 0 Å². The van der Waals surface area contributed by atoms with E-state index in [0.717, 1.165) is 58.0 Å². The molecule has 0 aliphatic heterocycles. The molecule has 0 aromatic carbocycles. The van der Waals surface area contributed by atoms with Crippen LogP contribution in [0.5, 0.6) is 0 Å². The van der Waals surface area contributed by atoms with Crippen molar-refractivity contribution in [1.82, 2.24) is 34.6 Å². The van der Waals surface area contributed by atoms with Gasteiger partial charge in [0.1, 0.15) is 10.0 Å². The molecule has 4 aromatic rings. The Kier molecular flexibility index (Phi) is 6.57. The van der Waals surface area contributed by atoms with Crippen LogP contribution in [0.2, 0.25) is 0 Å². The van der Waals surface area contributed by atoms with Gasteiger partial charge in [0, 0.05) is 42.1 Å². The van der Waals surface area contributed by atoms with E-state index in [9.17, 15) is 5.11 Å². The molecule has 11 heteroatoms. The van der Waals surface area contributed by atoms with Crippen molar-refractivity contribution in [1.29, 1.82) is 0 Å². The fourth-order valence-electron chi connectivity index (χ4n) is 4.62. The van der Waals surface area contributed by atoms with Crippen molar-refractivity contribution in [3.8, 4) is 11.1 Å². The summed E-state index contributed by atoms with van der Waals surface area (Å²) in [5.41, 5.74) is 4.15. The third-order valence-electron chi connectivity index (χ3n) is 6.26. The number of nitrogens with zero attached hydrogens (tertiary/aromatic N) is 7. The summed E-state index contributed by atoms with van der Waals surface area (Å²) in [6.07, 6.45) is 9.09. The van der Waals surface area contributed by atoms with Gasteiger partial charge in [0.15, 0.2) is 0 Å². The van der Waals surface area contributed by atoms with Gasteiger partial charge in [0.2, 0.25) is 5.95 Å². The molecule has 0 saturated heterocycles. The number of aryl methyl sites for hydroxylation is 1. The number of rotatable bonds is 8. The summed E-state index contributed by atoms with van der Waals surface area (Å²) in [7, 11) is 1.68. The van der Waals surface area contributed by atoms with Crippen LogP contribution in [0.3, 0.4) is 0 Å². The molecule has 1 fully saturated rings. The minimum absolute atomic E-state index is 0.0907. The molecule has 1 aliphatic carbocycles. The van der Waals surface area contributed by atoms with E-state index >= 15 is 0 Å². The summed E-state index contributed by atoms with van der Waals surface area (Å²) < 4.78 is 9.13. The van der Waals surface area contributed by atoms with Gasteiger partial charge in [-0.1, -0.05) is 11.3 Å². The highest BCUT2D eigenvalue weighted by molar-refractivity contribution is 7.11. The normalized spacial score (nSPS) is 19.5. The molecule has 180 valence electrons. The molecule has 1 atom stereocenters. The van der Waals surface area contributed by atoms with Gasteiger partial charge in [-0.3, -0.25) is 4.68 Å². The number of aliphatic hydroxyl groups excluding tert-OH is 1. The summed E-state index contributed by atoms with van der Waals surface area (Å²) >= 11 is 1.58. The van der Waals surface area contributed by atoms with Crippen molar-refractivity contribution in [2.75, 3.05) is 19.0 Å². The van der Waals surface area contributed by atoms with Crippen LogP contribution in [-0.4, -0.2) is 65.5 Å². The van der Waals surface area contributed by atoms with E-state index in [2.05, 4.69) is 31.7 Å². The van der Waals surface area contributed by atoms with Crippen LogP contribution in [0.4, 0.5) is 5.95 Å². The summed E-state index contributed by atoms with van der Waals surface area (Å²) in [6, 6.07) is 2.30. The second kappa shape index (κ2) is 9.77. The van der Waals surface area contributed by atoms with Crippen molar-refractivity contribution in [3.63, 3.8) is 0 Å². The first-order valence-electron chi connectivity index (χ1n) is 11.6. The first-order chi connectivity index (χ1) is 16.5.